The third-order valence-corrected chi connectivity index (χ3v) is 7.11. The second kappa shape index (κ2) is 6.32. The summed E-state index contributed by atoms with van der Waals surface area (Å²) >= 11 is 1.75. The average Bonchev–Trinajstić information content (AvgIpc) is 3.27. The predicted molar refractivity (Wildman–Crippen MR) is 113 cm³/mol. The van der Waals surface area contributed by atoms with Crippen LogP contribution in [0.15, 0.2) is 30.6 Å². The molecule has 8 heteroatoms. The summed E-state index contributed by atoms with van der Waals surface area (Å²) in [6, 6.07) is 6.58. The summed E-state index contributed by atoms with van der Waals surface area (Å²) in [5, 5.41) is 17.0. The van der Waals surface area contributed by atoms with E-state index in [1.165, 1.54) is 16.5 Å². The quantitative estimate of drug-likeness (QED) is 0.342. The maximum absolute atomic E-state index is 11.4. The van der Waals surface area contributed by atoms with Crippen molar-refractivity contribution in [2.24, 2.45) is 11.3 Å². The van der Waals surface area contributed by atoms with Gasteiger partial charge in [-0.2, -0.15) is 0 Å². The Morgan fingerprint density at radius 2 is 2.07 bits per heavy atom. The van der Waals surface area contributed by atoms with E-state index in [2.05, 4.69) is 30.9 Å². The number of para-hydroxylation sites is 1. The SMILES string of the molecule is CC(C)(C)[C@H]1CCc2c(sc3ncn4nc(-c5ccccc5[N+](=O)[O-])nc4c23)C1. The van der Waals surface area contributed by atoms with Gasteiger partial charge in [0.05, 0.1) is 15.9 Å². The lowest BCUT2D eigenvalue weighted by atomic mass is 9.72. The van der Waals surface area contributed by atoms with Crippen LogP contribution < -0.4 is 0 Å². The monoisotopic (exact) mass is 407 g/mol. The molecule has 0 bridgehead atoms. The van der Waals surface area contributed by atoms with E-state index in [1.54, 1.807) is 40.4 Å². The normalized spacial score (nSPS) is 17.0. The molecule has 0 saturated carbocycles. The summed E-state index contributed by atoms with van der Waals surface area (Å²) in [5.74, 6) is 1.01. The number of aromatic nitrogens is 4. The lowest BCUT2D eigenvalue weighted by Gasteiger charge is -2.33. The third-order valence-electron chi connectivity index (χ3n) is 5.95. The molecule has 0 N–H and O–H groups in total. The van der Waals surface area contributed by atoms with E-state index in [-0.39, 0.29) is 11.1 Å². The van der Waals surface area contributed by atoms with Crippen LogP contribution in [-0.4, -0.2) is 24.5 Å². The van der Waals surface area contributed by atoms with Gasteiger partial charge in [-0.3, -0.25) is 10.1 Å². The van der Waals surface area contributed by atoms with Crippen molar-refractivity contribution >= 4 is 32.9 Å². The van der Waals surface area contributed by atoms with Gasteiger partial charge in [0.15, 0.2) is 11.5 Å². The van der Waals surface area contributed by atoms with Crippen LogP contribution in [-0.2, 0) is 12.8 Å². The summed E-state index contributed by atoms with van der Waals surface area (Å²) < 4.78 is 1.65. The molecular weight excluding hydrogens is 386 g/mol. The van der Waals surface area contributed by atoms with Gasteiger partial charge in [-0.15, -0.1) is 16.4 Å². The second-order valence-corrected chi connectivity index (χ2v) is 9.80. The number of aryl methyl sites for hydroxylation is 1. The lowest BCUT2D eigenvalue weighted by Crippen LogP contribution is -2.26. The molecule has 0 radical (unpaired) electrons. The van der Waals surface area contributed by atoms with Crippen molar-refractivity contribution < 1.29 is 4.92 Å². The summed E-state index contributed by atoms with van der Waals surface area (Å²) in [4.78, 5) is 22.7. The van der Waals surface area contributed by atoms with Crippen LogP contribution in [0.4, 0.5) is 5.69 Å². The predicted octanol–water partition coefficient (Wildman–Crippen LogP) is 5.07. The zero-order valence-electron chi connectivity index (χ0n) is 16.5. The average molecular weight is 407 g/mol. The Balaban J connectivity index is 1.68. The van der Waals surface area contributed by atoms with E-state index in [0.717, 1.165) is 35.1 Å². The van der Waals surface area contributed by atoms with Crippen molar-refractivity contribution in [1.29, 1.82) is 0 Å². The first-order valence-electron chi connectivity index (χ1n) is 9.72. The van der Waals surface area contributed by atoms with Crippen LogP contribution in [0.3, 0.4) is 0 Å². The van der Waals surface area contributed by atoms with Crippen LogP contribution in [0.1, 0.15) is 37.6 Å². The number of hydrogen-bond donors (Lipinski definition) is 0. The third kappa shape index (κ3) is 2.90. The molecule has 3 aromatic heterocycles. The minimum absolute atomic E-state index is 0.00738. The number of thiophene rings is 1. The fourth-order valence-corrected chi connectivity index (χ4v) is 5.51. The highest BCUT2D eigenvalue weighted by molar-refractivity contribution is 7.19. The number of fused-ring (bicyclic) bond motifs is 5. The molecule has 0 amide bonds. The van der Waals surface area contributed by atoms with Crippen LogP contribution >= 0.6 is 11.3 Å². The van der Waals surface area contributed by atoms with E-state index in [0.29, 0.717) is 17.3 Å². The Hall–Kier alpha value is -2.87. The van der Waals surface area contributed by atoms with Gasteiger partial charge >= 0.3 is 0 Å². The Morgan fingerprint density at radius 1 is 1.28 bits per heavy atom. The first kappa shape index (κ1) is 18.2. The smallest absolute Gasteiger partial charge is 0.258 e. The molecule has 1 aromatic carbocycles. The maximum atomic E-state index is 11.4. The Kier molecular flexibility index (Phi) is 3.96. The van der Waals surface area contributed by atoms with E-state index >= 15 is 0 Å². The van der Waals surface area contributed by atoms with Crippen molar-refractivity contribution in [2.45, 2.75) is 40.0 Å². The van der Waals surface area contributed by atoms with Crippen molar-refractivity contribution in [3.63, 3.8) is 0 Å². The summed E-state index contributed by atoms with van der Waals surface area (Å²) in [6.45, 7) is 6.93. The van der Waals surface area contributed by atoms with Crippen LogP contribution in [0, 0.1) is 21.4 Å². The van der Waals surface area contributed by atoms with Crippen LogP contribution in [0.5, 0.6) is 0 Å². The van der Waals surface area contributed by atoms with Crippen molar-refractivity contribution in [1.82, 2.24) is 19.6 Å². The van der Waals surface area contributed by atoms with Gasteiger partial charge in [-0.1, -0.05) is 32.9 Å². The molecule has 1 aliphatic rings. The summed E-state index contributed by atoms with van der Waals surface area (Å²) in [6.07, 6.45) is 4.88. The molecule has 5 rings (SSSR count). The van der Waals surface area contributed by atoms with E-state index < -0.39 is 4.92 Å². The fourth-order valence-electron chi connectivity index (χ4n) is 4.25. The first-order chi connectivity index (χ1) is 13.8. The van der Waals surface area contributed by atoms with Crippen LogP contribution in [0.25, 0.3) is 27.3 Å². The van der Waals surface area contributed by atoms with E-state index in [1.807, 2.05) is 0 Å². The largest absolute Gasteiger partial charge is 0.280 e. The van der Waals surface area contributed by atoms with Crippen molar-refractivity contribution in [3.8, 4) is 11.4 Å². The number of rotatable bonds is 2. The van der Waals surface area contributed by atoms with Gasteiger partial charge < -0.3 is 0 Å². The molecule has 0 saturated heterocycles. The molecule has 1 atom stereocenters. The van der Waals surface area contributed by atoms with Gasteiger partial charge in [0.25, 0.3) is 5.69 Å². The molecule has 0 aliphatic heterocycles. The molecule has 4 aromatic rings. The number of nitrogens with zero attached hydrogens (tertiary/aromatic N) is 5. The van der Waals surface area contributed by atoms with Crippen molar-refractivity contribution in [2.75, 3.05) is 0 Å². The molecule has 0 fully saturated rings. The molecule has 29 heavy (non-hydrogen) atoms. The maximum Gasteiger partial charge on any atom is 0.280 e. The molecule has 0 spiro atoms. The van der Waals surface area contributed by atoms with Gasteiger partial charge in [-0.05, 0) is 42.2 Å². The van der Waals surface area contributed by atoms with Crippen LogP contribution in [0.2, 0.25) is 0 Å². The summed E-state index contributed by atoms with van der Waals surface area (Å²) in [5.41, 5.74) is 2.77. The molecular formula is C21H21N5O2S. The second-order valence-electron chi connectivity index (χ2n) is 8.71. The number of hydrogen-bond acceptors (Lipinski definition) is 6. The highest BCUT2D eigenvalue weighted by Gasteiger charge is 2.32. The number of nitro benzene ring substituents is 1. The minimum Gasteiger partial charge on any atom is -0.258 e. The molecule has 7 nitrogen and oxygen atoms in total. The molecule has 1 aliphatic carbocycles. The van der Waals surface area contributed by atoms with E-state index in [9.17, 15) is 10.1 Å². The van der Waals surface area contributed by atoms with E-state index in [4.69, 9.17) is 4.98 Å². The topological polar surface area (TPSA) is 86.2 Å². The first-order valence-corrected chi connectivity index (χ1v) is 10.5. The molecule has 148 valence electrons. The lowest BCUT2D eigenvalue weighted by molar-refractivity contribution is -0.384. The number of nitro groups is 1. The van der Waals surface area contributed by atoms with Gasteiger partial charge in [-0.25, -0.2) is 14.5 Å². The summed E-state index contributed by atoms with van der Waals surface area (Å²) in [7, 11) is 0. The highest BCUT2D eigenvalue weighted by Crippen LogP contribution is 2.43. The molecule has 3 heterocycles. The zero-order chi connectivity index (χ0) is 20.3. The number of benzene rings is 1. The fraction of sp³-hybridized carbons (Fsp3) is 0.381. The van der Waals surface area contributed by atoms with Gasteiger partial charge in [0.1, 0.15) is 11.2 Å². The van der Waals surface area contributed by atoms with Gasteiger partial charge in [0.2, 0.25) is 0 Å². The highest BCUT2D eigenvalue weighted by atomic mass is 32.1. The Labute approximate surface area is 171 Å². The minimum atomic E-state index is -0.395. The van der Waals surface area contributed by atoms with Gasteiger partial charge in [0, 0.05) is 10.9 Å². The van der Waals surface area contributed by atoms with Crippen molar-refractivity contribution in [3.05, 3.63) is 51.1 Å². The Bertz CT molecular complexity index is 1270. The standard InChI is InChI=1S/C21H21N5O2S/c1-21(2,3)12-8-9-14-16(10-12)29-20-17(14)19-23-18(24-25(19)11-22-20)13-6-4-5-7-15(13)26(27)28/h4-7,11-12H,8-10H2,1-3H3/t12-/m0/s1. The molecule has 0 unspecified atom stereocenters. The zero-order valence-corrected chi connectivity index (χ0v) is 17.4. The Morgan fingerprint density at radius 3 is 2.83 bits per heavy atom.